The van der Waals surface area contributed by atoms with Gasteiger partial charge >= 0.3 is 0 Å². The molecule has 16 heavy (non-hydrogen) atoms. The number of anilines is 1. The minimum absolute atomic E-state index is 0.0742. The van der Waals surface area contributed by atoms with Crippen LogP contribution in [-0.2, 0) is 4.79 Å². The Balaban J connectivity index is 2.28. The highest BCUT2D eigenvalue weighted by Gasteiger charge is 2.30. The van der Waals surface area contributed by atoms with Gasteiger partial charge in [-0.15, -0.1) is 0 Å². The van der Waals surface area contributed by atoms with E-state index in [1.54, 1.807) is 11.0 Å². The highest BCUT2D eigenvalue weighted by molar-refractivity contribution is 5.96. The van der Waals surface area contributed by atoms with Crippen molar-refractivity contribution in [2.75, 3.05) is 18.0 Å². The van der Waals surface area contributed by atoms with Crippen LogP contribution in [0.4, 0.5) is 10.1 Å². The monoisotopic (exact) mass is 222 g/mol. The van der Waals surface area contributed by atoms with Crippen LogP contribution in [0.3, 0.4) is 0 Å². The summed E-state index contributed by atoms with van der Waals surface area (Å²) in [6, 6.07) is 4.48. The Hall–Kier alpha value is -1.42. The normalized spacial score (nSPS) is 20.6. The number of halogens is 1. The molecule has 86 valence electrons. The Labute approximate surface area is 94.0 Å². The molecule has 4 heteroatoms. The maximum Gasteiger partial charge on any atom is 0.227 e. The molecule has 1 aliphatic heterocycles. The van der Waals surface area contributed by atoms with Crippen LogP contribution in [-0.4, -0.2) is 19.0 Å². The van der Waals surface area contributed by atoms with Gasteiger partial charge in [-0.25, -0.2) is 4.39 Å². The number of hydrogen-bond donors (Lipinski definition) is 1. The van der Waals surface area contributed by atoms with Gasteiger partial charge < -0.3 is 10.6 Å². The van der Waals surface area contributed by atoms with Gasteiger partial charge in [-0.3, -0.25) is 4.79 Å². The number of nitrogens with zero attached hydrogens (tertiary/aromatic N) is 1. The Kier molecular flexibility index (Phi) is 2.92. The number of rotatable bonds is 2. The van der Waals surface area contributed by atoms with E-state index in [1.807, 2.05) is 6.92 Å². The highest BCUT2D eigenvalue weighted by atomic mass is 19.1. The predicted octanol–water partition coefficient (Wildman–Crippen LogP) is 1.45. The summed E-state index contributed by atoms with van der Waals surface area (Å²) in [5, 5.41) is 0. The zero-order valence-electron chi connectivity index (χ0n) is 9.24. The third kappa shape index (κ3) is 1.93. The maximum atomic E-state index is 13.0. The number of aryl methyl sites for hydroxylation is 1. The van der Waals surface area contributed by atoms with E-state index < -0.39 is 0 Å². The van der Waals surface area contributed by atoms with Crippen LogP contribution in [0.25, 0.3) is 0 Å². The van der Waals surface area contributed by atoms with E-state index in [-0.39, 0.29) is 17.6 Å². The second-order valence-corrected chi connectivity index (χ2v) is 4.24. The lowest BCUT2D eigenvalue weighted by atomic mass is 10.1. The van der Waals surface area contributed by atoms with Crippen LogP contribution in [0.5, 0.6) is 0 Å². The molecule has 0 aliphatic carbocycles. The van der Waals surface area contributed by atoms with Crippen molar-refractivity contribution in [1.82, 2.24) is 0 Å². The number of carbonyl (C=O) groups is 1. The molecule has 1 amide bonds. The fourth-order valence-electron chi connectivity index (χ4n) is 2.09. The molecule has 0 bridgehead atoms. The summed E-state index contributed by atoms with van der Waals surface area (Å²) in [6.07, 6.45) is 0.493. The standard InChI is InChI=1S/C12H15FN2O/c1-8-4-10(13)2-3-11(8)15-7-9(6-14)5-12(15)16/h2-4,9H,5-7,14H2,1H3. The molecule has 1 atom stereocenters. The molecule has 1 aromatic carbocycles. The van der Waals surface area contributed by atoms with E-state index in [0.717, 1.165) is 11.3 Å². The molecule has 1 heterocycles. The van der Waals surface area contributed by atoms with Gasteiger partial charge in [-0.2, -0.15) is 0 Å². The zero-order chi connectivity index (χ0) is 11.7. The quantitative estimate of drug-likeness (QED) is 0.823. The summed E-state index contributed by atoms with van der Waals surface area (Å²) >= 11 is 0. The molecule has 0 radical (unpaired) electrons. The molecule has 1 unspecified atom stereocenters. The third-order valence-electron chi connectivity index (χ3n) is 2.99. The van der Waals surface area contributed by atoms with E-state index in [9.17, 15) is 9.18 Å². The predicted molar refractivity (Wildman–Crippen MR) is 60.7 cm³/mol. The van der Waals surface area contributed by atoms with Crippen LogP contribution >= 0.6 is 0 Å². The Morgan fingerprint density at radius 1 is 1.56 bits per heavy atom. The first-order chi connectivity index (χ1) is 7.61. The number of benzene rings is 1. The molecule has 0 spiro atoms. The molecule has 2 N–H and O–H groups in total. The van der Waals surface area contributed by atoms with Crippen molar-refractivity contribution in [3.8, 4) is 0 Å². The van der Waals surface area contributed by atoms with Crippen molar-refractivity contribution in [3.63, 3.8) is 0 Å². The molecule has 3 nitrogen and oxygen atoms in total. The van der Waals surface area contributed by atoms with Gasteiger partial charge in [0.15, 0.2) is 0 Å². The summed E-state index contributed by atoms with van der Waals surface area (Å²) in [7, 11) is 0. The molecule has 1 saturated heterocycles. The lowest BCUT2D eigenvalue weighted by Gasteiger charge is -2.18. The van der Waals surface area contributed by atoms with Gasteiger partial charge in [-0.1, -0.05) is 0 Å². The van der Waals surface area contributed by atoms with Crippen LogP contribution in [0.2, 0.25) is 0 Å². The van der Waals surface area contributed by atoms with Gasteiger partial charge in [0.25, 0.3) is 0 Å². The van der Waals surface area contributed by atoms with Crippen molar-refractivity contribution >= 4 is 11.6 Å². The Morgan fingerprint density at radius 3 is 2.88 bits per heavy atom. The molecule has 0 saturated carbocycles. The molecule has 1 aromatic rings. The molecule has 2 rings (SSSR count). The summed E-state index contributed by atoms with van der Waals surface area (Å²) in [5.41, 5.74) is 7.14. The molecule has 0 aromatic heterocycles. The minimum atomic E-state index is -0.275. The summed E-state index contributed by atoms with van der Waals surface area (Å²) < 4.78 is 13.0. The Bertz CT molecular complexity index is 419. The SMILES string of the molecule is Cc1cc(F)ccc1N1CC(CN)CC1=O. The average molecular weight is 222 g/mol. The van der Waals surface area contributed by atoms with E-state index in [1.165, 1.54) is 12.1 Å². The molecular weight excluding hydrogens is 207 g/mol. The first-order valence-corrected chi connectivity index (χ1v) is 5.38. The largest absolute Gasteiger partial charge is 0.330 e. The van der Waals surface area contributed by atoms with Crippen LogP contribution < -0.4 is 10.6 Å². The lowest BCUT2D eigenvalue weighted by Crippen LogP contribution is -2.26. The third-order valence-corrected chi connectivity index (χ3v) is 2.99. The summed E-state index contributed by atoms with van der Waals surface area (Å²) in [5.74, 6) is 0.0189. The minimum Gasteiger partial charge on any atom is -0.330 e. The topological polar surface area (TPSA) is 46.3 Å². The average Bonchev–Trinajstić information content (AvgIpc) is 2.60. The molecular formula is C12H15FN2O. The van der Waals surface area contributed by atoms with E-state index in [2.05, 4.69) is 0 Å². The van der Waals surface area contributed by atoms with E-state index >= 15 is 0 Å². The fourth-order valence-corrected chi connectivity index (χ4v) is 2.09. The van der Waals surface area contributed by atoms with Crippen molar-refractivity contribution in [1.29, 1.82) is 0 Å². The van der Waals surface area contributed by atoms with E-state index in [0.29, 0.717) is 19.5 Å². The van der Waals surface area contributed by atoms with Crippen LogP contribution in [0.15, 0.2) is 18.2 Å². The van der Waals surface area contributed by atoms with E-state index in [4.69, 9.17) is 5.73 Å². The summed E-state index contributed by atoms with van der Waals surface area (Å²) in [4.78, 5) is 13.5. The first kappa shape index (κ1) is 11.1. The second kappa shape index (κ2) is 4.22. The van der Waals surface area contributed by atoms with Crippen molar-refractivity contribution in [2.24, 2.45) is 11.7 Å². The molecule has 1 fully saturated rings. The van der Waals surface area contributed by atoms with Gasteiger partial charge in [0.2, 0.25) is 5.91 Å². The zero-order valence-corrected chi connectivity index (χ0v) is 9.24. The first-order valence-electron chi connectivity index (χ1n) is 5.38. The van der Waals surface area contributed by atoms with Gasteiger partial charge in [0.1, 0.15) is 5.82 Å². The Morgan fingerprint density at radius 2 is 2.31 bits per heavy atom. The van der Waals surface area contributed by atoms with Crippen molar-refractivity contribution < 1.29 is 9.18 Å². The number of amides is 1. The number of nitrogens with two attached hydrogens (primary N) is 1. The summed E-state index contributed by atoms with van der Waals surface area (Å²) in [6.45, 7) is 2.96. The maximum absolute atomic E-state index is 13.0. The second-order valence-electron chi connectivity index (χ2n) is 4.24. The smallest absolute Gasteiger partial charge is 0.227 e. The van der Waals surface area contributed by atoms with Crippen molar-refractivity contribution in [2.45, 2.75) is 13.3 Å². The number of carbonyl (C=O) groups excluding carboxylic acids is 1. The number of hydrogen-bond acceptors (Lipinski definition) is 2. The highest BCUT2D eigenvalue weighted by Crippen LogP contribution is 2.27. The van der Waals surface area contributed by atoms with Crippen LogP contribution in [0, 0.1) is 18.7 Å². The van der Waals surface area contributed by atoms with Gasteiger partial charge in [-0.05, 0) is 43.1 Å². The molecule has 1 aliphatic rings. The fraction of sp³-hybridized carbons (Fsp3) is 0.417. The van der Waals surface area contributed by atoms with Gasteiger partial charge in [0.05, 0.1) is 0 Å². The van der Waals surface area contributed by atoms with Crippen LogP contribution in [0.1, 0.15) is 12.0 Å². The lowest BCUT2D eigenvalue weighted by molar-refractivity contribution is -0.117. The van der Waals surface area contributed by atoms with Crippen molar-refractivity contribution in [3.05, 3.63) is 29.6 Å². The van der Waals surface area contributed by atoms with Gasteiger partial charge in [0, 0.05) is 18.7 Å².